The average Bonchev–Trinajstić information content (AvgIpc) is 3.09. The van der Waals surface area contributed by atoms with Crippen LogP contribution in [0.15, 0.2) is 29.3 Å². The van der Waals surface area contributed by atoms with Crippen LogP contribution in [-0.4, -0.2) is 64.6 Å². The van der Waals surface area contributed by atoms with Crippen molar-refractivity contribution in [1.29, 1.82) is 0 Å². The van der Waals surface area contributed by atoms with E-state index in [1.54, 1.807) is 32.0 Å². The zero-order valence-corrected chi connectivity index (χ0v) is 19.0. The number of nitrogens with one attached hydrogen (secondary N) is 3. The maximum absolute atomic E-state index is 12.5. The Bertz CT molecular complexity index is 869. The maximum atomic E-state index is 12.5. The van der Waals surface area contributed by atoms with Crippen LogP contribution in [0.5, 0.6) is 0 Å². The van der Waals surface area contributed by atoms with E-state index in [1.165, 1.54) is 17.8 Å². The molecule has 3 N–H and O–H groups in total. The van der Waals surface area contributed by atoms with Crippen molar-refractivity contribution in [3.05, 3.63) is 29.8 Å². The second-order valence-electron chi connectivity index (χ2n) is 6.93. The van der Waals surface area contributed by atoms with Crippen LogP contribution in [0, 0.1) is 0 Å². The fraction of sp³-hybridized carbons (Fsp3) is 0.476. The first kappa shape index (κ1) is 24.4. The van der Waals surface area contributed by atoms with Gasteiger partial charge in [-0.15, -0.1) is 0 Å². The smallest absolute Gasteiger partial charge is 0.262 e. The van der Waals surface area contributed by atoms with Gasteiger partial charge in [-0.25, -0.2) is 0 Å². The number of benzene rings is 1. The number of aliphatic imine (C=N–C) groups is 1. The van der Waals surface area contributed by atoms with Crippen LogP contribution in [-0.2, 0) is 14.4 Å². The molecule has 0 radical (unpaired) electrons. The van der Waals surface area contributed by atoms with Gasteiger partial charge in [0.2, 0.25) is 11.8 Å². The van der Waals surface area contributed by atoms with E-state index < -0.39 is 17.2 Å². The number of likely N-dealkylation sites (N-methyl/N-ethyl adjacent to an activating group) is 1. The largest absolute Gasteiger partial charge is 0.355 e. The highest BCUT2D eigenvalue weighted by Crippen LogP contribution is 2.27. The minimum atomic E-state index is -0.684. The predicted octanol–water partition coefficient (Wildman–Crippen LogP) is 1.61. The van der Waals surface area contributed by atoms with Crippen LogP contribution < -0.4 is 16.0 Å². The van der Waals surface area contributed by atoms with Crippen molar-refractivity contribution in [1.82, 2.24) is 15.5 Å². The average molecular weight is 448 g/mol. The second-order valence-corrected chi connectivity index (χ2v) is 8.10. The van der Waals surface area contributed by atoms with Gasteiger partial charge >= 0.3 is 0 Å². The Hall–Kier alpha value is -2.88. The van der Waals surface area contributed by atoms with Gasteiger partial charge in [0.05, 0.1) is 0 Å². The second kappa shape index (κ2) is 11.5. The molecule has 0 bridgehead atoms. The molecule has 1 aromatic rings. The molecule has 31 heavy (non-hydrogen) atoms. The Morgan fingerprint density at radius 3 is 2.55 bits per heavy atom. The lowest BCUT2D eigenvalue weighted by molar-refractivity contribution is -0.122. The molecule has 4 amide bonds. The number of amidine groups is 1. The molecular formula is C21H29N5O4S. The molecule has 10 heteroatoms. The minimum absolute atomic E-state index is 0.0115. The molecule has 1 aromatic carbocycles. The Labute approximate surface area is 186 Å². The zero-order chi connectivity index (χ0) is 23.0. The van der Waals surface area contributed by atoms with Crippen LogP contribution in [0.3, 0.4) is 0 Å². The molecule has 2 rings (SSSR count). The van der Waals surface area contributed by atoms with Gasteiger partial charge in [0.1, 0.15) is 11.3 Å². The first-order valence-corrected chi connectivity index (χ1v) is 11.2. The number of carbonyl (C=O) groups is 4. The first-order chi connectivity index (χ1) is 14.8. The molecule has 0 aromatic heterocycles. The van der Waals surface area contributed by atoms with Gasteiger partial charge in [-0.2, -0.15) is 4.99 Å². The van der Waals surface area contributed by atoms with Gasteiger partial charge in [0, 0.05) is 37.3 Å². The highest BCUT2D eigenvalue weighted by Gasteiger charge is 2.32. The topological polar surface area (TPSA) is 120 Å². The third-order valence-corrected chi connectivity index (χ3v) is 5.85. The number of amides is 4. The molecule has 0 aliphatic carbocycles. The van der Waals surface area contributed by atoms with Gasteiger partial charge in [0.15, 0.2) is 5.17 Å². The van der Waals surface area contributed by atoms with Crippen LogP contribution in [0.1, 0.15) is 44.5 Å². The van der Waals surface area contributed by atoms with Crippen LogP contribution in [0.2, 0.25) is 0 Å². The Morgan fingerprint density at radius 2 is 1.90 bits per heavy atom. The number of anilines is 1. The highest BCUT2D eigenvalue weighted by atomic mass is 32.2. The molecule has 1 aliphatic rings. The van der Waals surface area contributed by atoms with Gasteiger partial charge in [-0.1, -0.05) is 17.8 Å². The SMILES string of the molecule is CCNC(=O)[C@H](C)NC(=O)c1cccc(NC(=O)C[C@H]2SC(N(CC)CC)=NC2=O)c1. The van der Waals surface area contributed by atoms with Crippen molar-refractivity contribution >= 4 is 46.2 Å². The predicted molar refractivity (Wildman–Crippen MR) is 122 cm³/mol. The van der Waals surface area contributed by atoms with Crippen LogP contribution in [0.25, 0.3) is 0 Å². The molecule has 2 atom stereocenters. The molecule has 1 aliphatic heterocycles. The minimum Gasteiger partial charge on any atom is -0.355 e. The van der Waals surface area contributed by atoms with Gasteiger partial charge in [-0.3, -0.25) is 19.2 Å². The summed E-state index contributed by atoms with van der Waals surface area (Å²) in [5, 5.41) is 8.08. The quantitative estimate of drug-likeness (QED) is 0.529. The Kier molecular flexibility index (Phi) is 9.04. The molecule has 0 spiro atoms. The lowest BCUT2D eigenvalue weighted by Crippen LogP contribution is -2.44. The molecule has 0 saturated heterocycles. The summed E-state index contributed by atoms with van der Waals surface area (Å²) in [6.45, 7) is 9.31. The summed E-state index contributed by atoms with van der Waals surface area (Å²) in [7, 11) is 0. The van der Waals surface area contributed by atoms with E-state index >= 15 is 0 Å². The van der Waals surface area contributed by atoms with Crippen molar-refractivity contribution in [3.63, 3.8) is 0 Å². The van der Waals surface area contributed by atoms with E-state index in [1.807, 2.05) is 18.7 Å². The summed E-state index contributed by atoms with van der Waals surface area (Å²) in [6.07, 6.45) is -0.0115. The standard InChI is InChI=1S/C21H29N5O4S/c1-5-22-18(28)13(4)23-19(29)14-9-8-10-15(11-14)24-17(27)12-16-20(30)25-21(31-16)26(6-2)7-3/h8-11,13,16H,5-7,12H2,1-4H3,(H,22,28)(H,23,29)(H,24,27)/t13-,16+/m0/s1. The number of rotatable bonds is 9. The van der Waals surface area contributed by atoms with E-state index in [0.717, 1.165) is 13.1 Å². The van der Waals surface area contributed by atoms with Gasteiger partial charge in [-0.05, 0) is 45.9 Å². The lowest BCUT2D eigenvalue weighted by Gasteiger charge is -2.19. The zero-order valence-electron chi connectivity index (χ0n) is 18.2. The van der Waals surface area contributed by atoms with E-state index in [0.29, 0.717) is 23.0 Å². The van der Waals surface area contributed by atoms with E-state index in [2.05, 4.69) is 20.9 Å². The first-order valence-electron chi connectivity index (χ1n) is 10.3. The molecule has 0 saturated carbocycles. The number of nitrogens with zero attached hydrogens (tertiary/aromatic N) is 2. The fourth-order valence-corrected chi connectivity index (χ4v) is 4.12. The summed E-state index contributed by atoms with van der Waals surface area (Å²) in [4.78, 5) is 54.9. The lowest BCUT2D eigenvalue weighted by atomic mass is 10.1. The molecular weight excluding hydrogens is 418 g/mol. The third kappa shape index (κ3) is 6.81. The van der Waals surface area contributed by atoms with E-state index in [9.17, 15) is 19.2 Å². The van der Waals surface area contributed by atoms with E-state index in [-0.39, 0.29) is 24.1 Å². The van der Waals surface area contributed by atoms with Crippen LogP contribution in [0.4, 0.5) is 5.69 Å². The van der Waals surface area contributed by atoms with Crippen molar-refractivity contribution in [2.24, 2.45) is 4.99 Å². The maximum Gasteiger partial charge on any atom is 0.262 e. The van der Waals surface area contributed by atoms with Gasteiger partial charge < -0.3 is 20.9 Å². The third-order valence-electron chi connectivity index (χ3n) is 4.63. The fourth-order valence-electron chi connectivity index (χ4n) is 2.93. The van der Waals surface area contributed by atoms with Crippen LogP contribution >= 0.6 is 11.8 Å². The molecule has 1 heterocycles. The number of hydrogen-bond donors (Lipinski definition) is 3. The summed E-state index contributed by atoms with van der Waals surface area (Å²) < 4.78 is 0. The highest BCUT2D eigenvalue weighted by molar-refractivity contribution is 8.15. The van der Waals surface area contributed by atoms with Crippen molar-refractivity contribution < 1.29 is 19.2 Å². The molecule has 0 unspecified atom stereocenters. The normalized spacial score (nSPS) is 16.3. The van der Waals surface area contributed by atoms with Crippen molar-refractivity contribution in [2.45, 2.75) is 45.4 Å². The summed E-state index contributed by atoms with van der Waals surface area (Å²) >= 11 is 1.30. The number of thioether (sulfide) groups is 1. The molecule has 168 valence electrons. The Morgan fingerprint density at radius 1 is 1.19 bits per heavy atom. The molecule has 9 nitrogen and oxygen atoms in total. The van der Waals surface area contributed by atoms with Crippen molar-refractivity contribution in [3.8, 4) is 0 Å². The van der Waals surface area contributed by atoms with E-state index in [4.69, 9.17) is 0 Å². The monoisotopic (exact) mass is 447 g/mol. The molecule has 0 fully saturated rings. The summed E-state index contributed by atoms with van der Waals surface area (Å²) in [5.74, 6) is -1.34. The summed E-state index contributed by atoms with van der Waals surface area (Å²) in [6, 6.07) is 5.73. The number of hydrogen-bond acceptors (Lipinski definition) is 6. The van der Waals surface area contributed by atoms with Crippen molar-refractivity contribution in [2.75, 3.05) is 25.0 Å². The van der Waals surface area contributed by atoms with Gasteiger partial charge in [0.25, 0.3) is 11.8 Å². The summed E-state index contributed by atoms with van der Waals surface area (Å²) in [5.41, 5.74) is 0.746. The number of carbonyl (C=O) groups excluding carboxylic acids is 4. The Balaban J connectivity index is 1.94.